The van der Waals surface area contributed by atoms with Crippen molar-refractivity contribution in [1.29, 1.82) is 0 Å². The lowest BCUT2D eigenvalue weighted by Gasteiger charge is -2.34. The van der Waals surface area contributed by atoms with Crippen molar-refractivity contribution in [1.82, 2.24) is 14.5 Å². The minimum Gasteiger partial charge on any atom is -0.373 e. The molecule has 30 heavy (non-hydrogen) atoms. The first-order chi connectivity index (χ1) is 14.3. The fourth-order valence-electron chi connectivity index (χ4n) is 4.07. The van der Waals surface area contributed by atoms with Crippen LogP contribution in [0, 0.1) is 0 Å². The lowest BCUT2D eigenvalue weighted by molar-refractivity contribution is -0.114. The molecular formula is C22H26N4O3S. The van der Waals surface area contributed by atoms with Gasteiger partial charge in [0.25, 0.3) is 5.56 Å². The van der Waals surface area contributed by atoms with Gasteiger partial charge in [0.2, 0.25) is 5.91 Å². The number of rotatable bonds is 4. The van der Waals surface area contributed by atoms with Crippen LogP contribution in [-0.4, -0.2) is 45.7 Å². The van der Waals surface area contributed by atoms with Gasteiger partial charge in [-0.2, -0.15) is 0 Å². The number of hydrogen-bond acceptors (Lipinski definition) is 6. The van der Waals surface area contributed by atoms with Gasteiger partial charge in [0, 0.05) is 61.1 Å². The van der Waals surface area contributed by atoms with Crippen molar-refractivity contribution in [3.8, 4) is 11.1 Å². The number of hydrogen-bond donors (Lipinski definition) is 1. The summed E-state index contributed by atoms with van der Waals surface area (Å²) in [5.74, 6) is 0.327. The largest absolute Gasteiger partial charge is 0.373 e. The lowest BCUT2D eigenvalue weighted by atomic mass is 10.1. The first-order valence-electron chi connectivity index (χ1n) is 10.0. The number of anilines is 1. The maximum absolute atomic E-state index is 12.8. The zero-order valence-electron chi connectivity index (χ0n) is 17.6. The summed E-state index contributed by atoms with van der Waals surface area (Å²) in [5.41, 5.74) is 1.87. The first-order valence-corrected chi connectivity index (χ1v) is 10.9. The maximum Gasteiger partial charge on any atom is 0.259 e. The van der Waals surface area contributed by atoms with Gasteiger partial charge in [-0.1, -0.05) is 0 Å². The van der Waals surface area contributed by atoms with E-state index in [2.05, 4.69) is 29.0 Å². The summed E-state index contributed by atoms with van der Waals surface area (Å²) < 4.78 is 8.41. The van der Waals surface area contributed by atoms with E-state index in [-0.39, 0.29) is 23.7 Å². The zero-order chi connectivity index (χ0) is 21.4. The van der Waals surface area contributed by atoms with Gasteiger partial charge in [-0.25, -0.2) is 4.98 Å². The molecule has 0 aliphatic carbocycles. The highest BCUT2D eigenvalue weighted by Crippen LogP contribution is 2.34. The van der Waals surface area contributed by atoms with Crippen molar-refractivity contribution in [2.75, 3.05) is 18.4 Å². The third kappa shape index (κ3) is 4.30. The second-order valence-corrected chi connectivity index (χ2v) is 9.11. The van der Waals surface area contributed by atoms with E-state index in [0.29, 0.717) is 5.82 Å². The molecule has 1 saturated heterocycles. The Morgan fingerprint density at radius 3 is 2.73 bits per heavy atom. The van der Waals surface area contributed by atoms with Gasteiger partial charge >= 0.3 is 0 Å². The predicted molar refractivity (Wildman–Crippen MR) is 120 cm³/mol. The molecule has 3 aromatic heterocycles. The van der Waals surface area contributed by atoms with Crippen LogP contribution in [-0.2, 0) is 23.1 Å². The molecule has 0 radical (unpaired) electrons. The van der Waals surface area contributed by atoms with Crippen LogP contribution in [0.2, 0.25) is 0 Å². The van der Waals surface area contributed by atoms with Crippen molar-refractivity contribution < 1.29 is 9.53 Å². The fourth-order valence-corrected chi connectivity index (χ4v) is 5.29. The summed E-state index contributed by atoms with van der Waals surface area (Å²) in [6, 6.07) is 5.76. The predicted octanol–water partition coefficient (Wildman–Crippen LogP) is 3.23. The van der Waals surface area contributed by atoms with E-state index in [1.807, 2.05) is 24.4 Å². The smallest absolute Gasteiger partial charge is 0.259 e. The van der Waals surface area contributed by atoms with Gasteiger partial charge < -0.3 is 14.6 Å². The third-order valence-corrected chi connectivity index (χ3v) is 6.30. The summed E-state index contributed by atoms with van der Waals surface area (Å²) in [6.45, 7) is 8.21. The molecule has 0 bridgehead atoms. The molecule has 0 spiro atoms. The van der Waals surface area contributed by atoms with Crippen LogP contribution < -0.4 is 10.9 Å². The van der Waals surface area contributed by atoms with Gasteiger partial charge in [0.15, 0.2) is 0 Å². The second kappa shape index (κ2) is 8.29. The molecule has 0 saturated carbocycles. The van der Waals surface area contributed by atoms with Crippen LogP contribution >= 0.6 is 11.3 Å². The summed E-state index contributed by atoms with van der Waals surface area (Å²) in [5, 5.41) is 3.45. The molecule has 158 valence electrons. The number of ether oxygens (including phenoxy) is 1. The molecule has 2 atom stereocenters. The number of thiophene rings is 1. The Kier molecular flexibility index (Phi) is 5.73. The molecule has 1 aliphatic heterocycles. The van der Waals surface area contributed by atoms with Crippen LogP contribution in [0.4, 0.5) is 5.82 Å². The first kappa shape index (κ1) is 20.7. The Morgan fingerprint density at radius 1 is 1.30 bits per heavy atom. The Labute approximate surface area is 179 Å². The van der Waals surface area contributed by atoms with Gasteiger partial charge in [0.05, 0.1) is 17.6 Å². The van der Waals surface area contributed by atoms with Crippen molar-refractivity contribution in [3.63, 3.8) is 0 Å². The Balaban J connectivity index is 1.74. The van der Waals surface area contributed by atoms with E-state index in [1.54, 1.807) is 29.1 Å². The van der Waals surface area contributed by atoms with Crippen molar-refractivity contribution in [2.24, 2.45) is 7.05 Å². The number of aromatic nitrogens is 2. The topological polar surface area (TPSA) is 76.5 Å². The molecule has 7 nitrogen and oxygen atoms in total. The van der Waals surface area contributed by atoms with Crippen LogP contribution in [0.5, 0.6) is 0 Å². The average molecular weight is 427 g/mol. The monoisotopic (exact) mass is 426 g/mol. The Hall–Kier alpha value is -2.55. The highest BCUT2D eigenvalue weighted by molar-refractivity contribution is 7.19. The van der Waals surface area contributed by atoms with E-state index in [9.17, 15) is 9.59 Å². The van der Waals surface area contributed by atoms with Crippen LogP contribution in [0.1, 0.15) is 25.6 Å². The van der Waals surface area contributed by atoms with Crippen molar-refractivity contribution in [2.45, 2.75) is 39.5 Å². The third-order valence-electron chi connectivity index (χ3n) is 5.15. The van der Waals surface area contributed by atoms with Crippen LogP contribution in [0.3, 0.4) is 0 Å². The van der Waals surface area contributed by atoms with E-state index in [4.69, 9.17) is 4.74 Å². The Morgan fingerprint density at radius 2 is 2.03 bits per heavy atom. The van der Waals surface area contributed by atoms with Gasteiger partial charge in [0.1, 0.15) is 5.82 Å². The standard InChI is InChI=1S/C22H26N4O3S/c1-13-9-26(10-14(2)29-13)11-17-8-18-21(30-17)19(12-25(4)22(18)28)16-5-6-23-20(7-16)24-15(3)27/h5-8,12-14H,9-11H2,1-4H3,(H,23,24,27). The molecule has 0 aromatic carbocycles. The summed E-state index contributed by atoms with van der Waals surface area (Å²) in [4.78, 5) is 32.0. The highest BCUT2D eigenvalue weighted by Gasteiger charge is 2.23. The summed E-state index contributed by atoms with van der Waals surface area (Å²) in [6.07, 6.45) is 3.94. The number of fused-ring (bicyclic) bond motifs is 1. The molecule has 3 aromatic rings. The van der Waals surface area contributed by atoms with E-state index < -0.39 is 0 Å². The molecule has 8 heteroatoms. The minimum atomic E-state index is -0.169. The normalized spacial score (nSPS) is 19.9. The van der Waals surface area contributed by atoms with Gasteiger partial charge in [-0.3, -0.25) is 14.5 Å². The fraction of sp³-hybridized carbons (Fsp3) is 0.409. The van der Waals surface area contributed by atoms with E-state index in [0.717, 1.165) is 45.7 Å². The van der Waals surface area contributed by atoms with Crippen LogP contribution in [0.25, 0.3) is 21.2 Å². The molecule has 1 N–H and O–H groups in total. The van der Waals surface area contributed by atoms with Gasteiger partial charge in [-0.15, -0.1) is 11.3 Å². The quantitative estimate of drug-likeness (QED) is 0.693. The van der Waals surface area contributed by atoms with Gasteiger partial charge in [-0.05, 0) is 37.6 Å². The molecule has 4 rings (SSSR count). The lowest BCUT2D eigenvalue weighted by Crippen LogP contribution is -2.44. The molecule has 1 fully saturated rings. The Bertz CT molecular complexity index is 1140. The number of nitrogens with zero attached hydrogens (tertiary/aromatic N) is 3. The number of pyridine rings is 2. The minimum absolute atomic E-state index is 0.00361. The molecule has 1 aliphatic rings. The summed E-state index contributed by atoms with van der Waals surface area (Å²) >= 11 is 1.65. The SMILES string of the molecule is CC(=O)Nc1cc(-c2cn(C)c(=O)c3cc(CN4CC(C)OC(C)C4)sc23)ccn1. The number of carbonyl (C=O) groups is 1. The number of nitrogens with one attached hydrogen (secondary N) is 1. The van der Waals surface area contributed by atoms with Crippen molar-refractivity contribution >= 4 is 33.1 Å². The summed E-state index contributed by atoms with van der Waals surface area (Å²) in [7, 11) is 1.77. The molecule has 2 unspecified atom stereocenters. The molecule has 1 amide bonds. The zero-order valence-corrected chi connectivity index (χ0v) is 18.5. The number of morpholine rings is 1. The molecular weight excluding hydrogens is 400 g/mol. The van der Waals surface area contributed by atoms with Crippen molar-refractivity contribution in [3.05, 3.63) is 45.8 Å². The molecule has 4 heterocycles. The highest BCUT2D eigenvalue weighted by atomic mass is 32.1. The van der Waals surface area contributed by atoms with E-state index >= 15 is 0 Å². The number of carbonyl (C=O) groups excluding carboxylic acids is 1. The van der Waals surface area contributed by atoms with Crippen LogP contribution in [0.15, 0.2) is 35.4 Å². The second-order valence-electron chi connectivity index (χ2n) is 7.98. The number of aryl methyl sites for hydroxylation is 1. The number of amides is 1. The maximum atomic E-state index is 12.8. The van der Waals surface area contributed by atoms with E-state index in [1.165, 1.54) is 6.92 Å². The average Bonchev–Trinajstić information content (AvgIpc) is 3.07.